The van der Waals surface area contributed by atoms with Crippen LogP contribution in [0.2, 0.25) is 0 Å². The van der Waals surface area contributed by atoms with Crippen molar-refractivity contribution < 1.29 is 9.53 Å². The molecule has 1 aromatic rings. The molecule has 1 aromatic carbocycles. The minimum absolute atomic E-state index is 0.0184. The number of amides is 1. The van der Waals surface area contributed by atoms with Gasteiger partial charge in [0.15, 0.2) is 6.61 Å². The minimum Gasteiger partial charge on any atom is -0.483 e. The second kappa shape index (κ2) is 6.45. The smallest absolute Gasteiger partial charge is 0.258 e. The fraction of sp³-hybridized carbons (Fsp3) is 0.308. The van der Waals surface area contributed by atoms with Crippen LogP contribution in [0.5, 0.6) is 5.75 Å². The number of aryl methyl sites for hydroxylation is 1. The van der Waals surface area contributed by atoms with Crippen LogP contribution in [0, 0.1) is 13.8 Å². The van der Waals surface area contributed by atoms with Gasteiger partial charge in [-0.1, -0.05) is 34.6 Å². The van der Waals surface area contributed by atoms with Crippen LogP contribution in [-0.2, 0) is 4.79 Å². The first kappa shape index (κ1) is 13.8. The van der Waals surface area contributed by atoms with Crippen LogP contribution < -0.4 is 10.1 Å². The first-order valence-electron chi connectivity index (χ1n) is 5.29. The fourth-order valence-corrected chi connectivity index (χ4v) is 1.41. The summed E-state index contributed by atoms with van der Waals surface area (Å²) in [7, 11) is 0. The zero-order chi connectivity index (χ0) is 12.8. The molecule has 3 nitrogen and oxygen atoms in total. The van der Waals surface area contributed by atoms with Crippen LogP contribution in [0.15, 0.2) is 29.3 Å². The summed E-state index contributed by atoms with van der Waals surface area (Å²) >= 11 is 3.17. The van der Waals surface area contributed by atoms with E-state index in [1.54, 1.807) is 0 Å². The number of hydrogen-bond donors (Lipinski definition) is 1. The highest BCUT2D eigenvalue weighted by molar-refractivity contribution is 9.11. The lowest BCUT2D eigenvalue weighted by atomic mass is 10.1. The summed E-state index contributed by atoms with van der Waals surface area (Å²) in [5.74, 6) is 0.587. The number of ether oxygens (including phenoxy) is 1. The van der Waals surface area contributed by atoms with Crippen molar-refractivity contribution in [3.8, 4) is 5.75 Å². The van der Waals surface area contributed by atoms with E-state index in [1.165, 1.54) is 0 Å². The molecule has 0 unspecified atom stereocenters. The Hall–Kier alpha value is -1.29. The van der Waals surface area contributed by atoms with Gasteiger partial charge in [-0.3, -0.25) is 4.79 Å². The molecular formula is C13H16BrNO2. The SMILES string of the molecule is C=C(Br)CNC(=O)COc1cccc(C)c1C. The second-order valence-corrected chi connectivity index (χ2v) is 4.90. The first-order chi connectivity index (χ1) is 8.00. The monoisotopic (exact) mass is 297 g/mol. The van der Waals surface area contributed by atoms with Gasteiger partial charge in [0, 0.05) is 11.0 Å². The normalized spacial score (nSPS) is 9.82. The van der Waals surface area contributed by atoms with Crippen LogP contribution in [0.25, 0.3) is 0 Å². The molecule has 0 bridgehead atoms. The summed E-state index contributed by atoms with van der Waals surface area (Å²) in [6, 6.07) is 5.78. The molecule has 0 spiro atoms. The zero-order valence-corrected chi connectivity index (χ0v) is 11.6. The van der Waals surface area contributed by atoms with E-state index in [9.17, 15) is 4.79 Å². The van der Waals surface area contributed by atoms with Gasteiger partial charge in [-0.2, -0.15) is 0 Å². The van der Waals surface area contributed by atoms with E-state index in [0.717, 1.165) is 21.4 Å². The molecule has 4 heteroatoms. The van der Waals surface area contributed by atoms with Gasteiger partial charge in [-0.25, -0.2) is 0 Å². The van der Waals surface area contributed by atoms with Crippen molar-refractivity contribution in [1.29, 1.82) is 0 Å². The van der Waals surface area contributed by atoms with E-state index in [1.807, 2.05) is 32.0 Å². The lowest BCUT2D eigenvalue weighted by Gasteiger charge is -2.10. The largest absolute Gasteiger partial charge is 0.483 e. The second-order valence-electron chi connectivity index (χ2n) is 3.78. The van der Waals surface area contributed by atoms with Gasteiger partial charge >= 0.3 is 0 Å². The van der Waals surface area contributed by atoms with E-state index in [-0.39, 0.29) is 12.5 Å². The van der Waals surface area contributed by atoms with E-state index in [2.05, 4.69) is 27.8 Å². The van der Waals surface area contributed by atoms with Crippen molar-refractivity contribution in [3.05, 3.63) is 40.4 Å². The van der Waals surface area contributed by atoms with Crippen molar-refractivity contribution in [2.75, 3.05) is 13.2 Å². The summed E-state index contributed by atoms with van der Waals surface area (Å²) in [5, 5.41) is 2.68. The van der Waals surface area contributed by atoms with Gasteiger partial charge in [0.05, 0.1) is 0 Å². The van der Waals surface area contributed by atoms with E-state index >= 15 is 0 Å². The Labute approximate surface area is 110 Å². The Morgan fingerprint density at radius 2 is 2.18 bits per heavy atom. The quantitative estimate of drug-likeness (QED) is 0.907. The summed E-state index contributed by atoms with van der Waals surface area (Å²) in [4.78, 5) is 11.4. The maximum Gasteiger partial charge on any atom is 0.258 e. The molecule has 0 saturated heterocycles. The summed E-state index contributed by atoms with van der Waals surface area (Å²) in [6.07, 6.45) is 0. The maximum absolute atomic E-state index is 11.4. The Bertz CT molecular complexity index is 429. The molecular weight excluding hydrogens is 282 g/mol. The highest BCUT2D eigenvalue weighted by atomic mass is 79.9. The van der Waals surface area contributed by atoms with Crippen molar-refractivity contribution in [3.63, 3.8) is 0 Å². The summed E-state index contributed by atoms with van der Waals surface area (Å²) < 4.78 is 6.19. The van der Waals surface area contributed by atoms with Gasteiger partial charge < -0.3 is 10.1 Å². The highest BCUT2D eigenvalue weighted by Gasteiger charge is 2.05. The molecule has 17 heavy (non-hydrogen) atoms. The predicted molar refractivity (Wildman–Crippen MR) is 72.5 cm³/mol. The Balaban J connectivity index is 2.47. The molecule has 0 fully saturated rings. The van der Waals surface area contributed by atoms with Crippen molar-refractivity contribution in [1.82, 2.24) is 5.32 Å². The molecule has 0 radical (unpaired) electrons. The first-order valence-corrected chi connectivity index (χ1v) is 6.09. The molecule has 1 amide bonds. The van der Waals surface area contributed by atoms with E-state index < -0.39 is 0 Å². The molecule has 0 aromatic heterocycles. The number of halogens is 1. The maximum atomic E-state index is 11.4. The topological polar surface area (TPSA) is 38.3 Å². The minimum atomic E-state index is -0.161. The summed E-state index contributed by atoms with van der Waals surface area (Å²) in [6.45, 7) is 8.05. The molecule has 92 valence electrons. The molecule has 0 atom stereocenters. The number of nitrogens with one attached hydrogen (secondary N) is 1. The van der Waals surface area contributed by atoms with Gasteiger partial charge in [-0.05, 0) is 31.0 Å². The van der Waals surface area contributed by atoms with Crippen molar-refractivity contribution in [2.24, 2.45) is 0 Å². The van der Waals surface area contributed by atoms with Gasteiger partial charge in [0.25, 0.3) is 5.91 Å². The van der Waals surface area contributed by atoms with Gasteiger partial charge in [0.2, 0.25) is 0 Å². The Morgan fingerprint density at radius 3 is 2.82 bits per heavy atom. The zero-order valence-electron chi connectivity index (χ0n) is 10.0. The molecule has 1 rings (SSSR count). The van der Waals surface area contributed by atoms with E-state index in [4.69, 9.17) is 4.74 Å². The summed E-state index contributed by atoms with van der Waals surface area (Å²) in [5.41, 5.74) is 2.21. The fourth-order valence-electron chi connectivity index (χ4n) is 1.27. The molecule has 0 heterocycles. The Morgan fingerprint density at radius 1 is 1.47 bits per heavy atom. The van der Waals surface area contributed by atoms with Crippen molar-refractivity contribution >= 4 is 21.8 Å². The average molecular weight is 298 g/mol. The predicted octanol–water partition coefficient (Wildman–Crippen LogP) is 2.71. The third-order valence-corrected chi connectivity index (χ3v) is 2.67. The molecule has 0 aliphatic rings. The number of carbonyl (C=O) groups excluding carboxylic acids is 1. The standard InChI is InChI=1S/C13H16BrNO2/c1-9-5-4-6-12(11(9)3)17-8-13(16)15-7-10(2)14/h4-6H,2,7-8H2,1,3H3,(H,15,16). The number of hydrogen-bond acceptors (Lipinski definition) is 2. The Kier molecular flexibility index (Phi) is 5.22. The highest BCUT2D eigenvalue weighted by Crippen LogP contribution is 2.20. The van der Waals surface area contributed by atoms with Crippen molar-refractivity contribution in [2.45, 2.75) is 13.8 Å². The average Bonchev–Trinajstić information content (AvgIpc) is 2.28. The lowest BCUT2D eigenvalue weighted by Crippen LogP contribution is -2.29. The van der Waals surface area contributed by atoms with Crippen LogP contribution in [0.1, 0.15) is 11.1 Å². The molecule has 0 aliphatic heterocycles. The molecule has 0 saturated carbocycles. The number of rotatable bonds is 5. The molecule has 0 aliphatic carbocycles. The molecule has 1 N–H and O–H groups in total. The van der Waals surface area contributed by atoms with Crippen LogP contribution in [0.3, 0.4) is 0 Å². The van der Waals surface area contributed by atoms with Crippen LogP contribution >= 0.6 is 15.9 Å². The number of carbonyl (C=O) groups is 1. The van der Waals surface area contributed by atoms with E-state index in [0.29, 0.717) is 6.54 Å². The third-order valence-electron chi connectivity index (χ3n) is 2.39. The lowest BCUT2D eigenvalue weighted by molar-refractivity contribution is -0.122. The van der Waals surface area contributed by atoms with Crippen LogP contribution in [-0.4, -0.2) is 19.1 Å². The van der Waals surface area contributed by atoms with Gasteiger partial charge in [0.1, 0.15) is 5.75 Å². The van der Waals surface area contributed by atoms with Crippen LogP contribution in [0.4, 0.5) is 0 Å². The third kappa shape index (κ3) is 4.61. The number of benzene rings is 1. The van der Waals surface area contributed by atoms with Gasteiger partial charge in [-0.15, -0.1) is 0 Å².